The van der Waals surface area contributed by atoms with Crippen molar-refractivity contribution in [2.24, 2.45) is 0 Å². The van der Waals surface area contributed by atoms with E-state index in [0.29, 0.717) is 21.6 Å². The first-order valence-electron chi connectivity index (χ1n) is 6.50. The molecule has 2 aromatic heterocycles. The number of aryl methyl sites for hydroxylation is 1. The van der Waals surface area contributed by atoms with Crippen molar-refractivity contribution in [1.29, 1.82) is 5.26 Å². The van der Waals surface area contributed by atoms with Gasteiger partial charge in [0.15, 0.2) is 0 Å². The molecule has 0 atom stereocenters. The molecule has 0 saturated heterocycles. The van der Waals surface area contributed by atoms with Gasteiger partial charge >= 0.3 is 0 Å². The Morgan fingerprint density at radius 2 is 2.09 bits per heavy atom. The standard InChI is InChI=1S/C16H11ClN4O/c1-9-2-4-11(8-20-9)21-14-6-10(17)3-5-12(14)15(19)13(7-18)16(21)22/h2-6,8H,19H2,1H3. The molecule has 0 saturated carbocycles. The molecular weight excluding hydrogens is 300 g/mol. The Morgan fingerprint density at radius 1 is 1.32 bits per heavy atom. The van der Waals surface area contributed by atoms with Crippen molar-refractivity contribution >= 4 is 28.2 Å². The molecule has 1 aromatic carbocycles. The van der Waals surface area contributed by atoms with Crippen molar-refractivity contribution in [2.45, 2.75) is 6.92 Å². The van der Waals surface area contributed by atoms with Gasteiger partial charge in [-0.2, -0.15) is 5.26 Å². The molecule has 3 aromatic rings. The van der Waals surface area contributed by atoms with Crippen molar-refractivity contribution in [3.05, 3.63) is 63.2 Å². The third-order valence-corrected chi connectivity index (χ3v) is 3.68. The summed E-state index contributed by atoms with van der Waals surface area (Å²) in [6.45, 7) is 1.85. The minimum Gasteiger partial charge on any atom is -0.397 e. The summed E-state index contributed by atoms with van der Waals surface area (Å²) in [6, 6.07) is 10.5. The van der Waals surface area contributed by atoms with Crippen LogP contribution >= 0.6 is 11.6 Å². The summed E-state index contributed by atoms with van der Waals surface area (Å²) in [5, 5.41) is 10.3. The molecule has 5 nitrogen and oxygen atoms in total. The number of nitriles is 1. The third kappa shape index (κ3) is 2.10. The average molecular weight is 311 g/mol. The van der Waals surface area contributed by atoms with Gasteiger partial charge < -0.3 is 5.73 Å². The Morgan fingerprint density at radius 3 is 2.73 bits per heavy atom. The monoisotopic (exact) mass is 310 g/mol. The van der Waals surface area contributed by atoms with Crippen molar-refractivity contribution in [3.63, 3.8) is 0 Å². The van der Waals surface area contributed by atoms with Gasteiger partial charge in [-0.15, -0.1) is 0 Å². The molecule has 0 radical (unpaired) electrons. The number of hydrogen-bond donors (Lipinski definition) is 1. The van der Waals surface area contributed by atoms with Gasteiger partial charge in [0.05, 0.1) is 23.1 Å². The number of nitrogens with two attached hydrogens (primary N) is 1. The fourth-order valence-corrected chi connectivity index (χ4v) is 2.51. The Bertz CT molecular complexity index is 984. The van der Waals surface area contributed by atoms with Gasteiger partial charge in [0.2, 0.25) is 0 Å². The van der Waals surface area contributed by atoms with Crippen LogP contribution in [0.1, 0.15) is 11.3 Å². The molecule has 3 rings (SSSR count). The van der Waals surface area contributed by atoms with E-state index < -0.39 is 5.56 Å². The summed E-state index contributed by atoms with van der Waals surface area (Å²) >= 11 is 6.04. The van der Waals surface area contributed by atoms with Gasteiger partial charge in [-0.1, -0.05) is 11.6 Å². The number of rotatable bonds is 1. The third-order valence-electron chi connectivity index (χ3n) is 3.44. The highest BCUT2D eigenvalue weighted by Gasteiger charge is 2.16. The second-order valence-corrected chi connectivity index (χ2v) is 5.30. The number of nitrogen functional groups attached to an aromatic ring is 1. The van der Waals surface area contributed by atoms with Crippen LogP contribution in [0.25, 0.3) is 16.6 Å². The summed E-state index contributed by atoms with van der Waals surface area (Å²) in [4.78, 5) is 16.8. The van der Waals surface area contributed by atoms with E-state index in [9.17, 15) is 10.1 Å². The zero-order valence-corrected chi connectivity index (χ0v) is 12.4. The Balaban J connectivity index is 2.52. The minimum absolute atomic E-state index is 0.0876. The van der Waals surface area contributed by atoms with E-state index in [4.69, 9.17) is 17.3 Å². The zero-order valence-electron chi connectivity index (χ0n) is 11.7. The molecule has 6 heteroatoms. The fourth-order valence-electron chi connectivity index (χ4n) is 2.35. The summed E-state index contributed by atoms with van der Waals surface area (Å²) in [7, 11) is 0. The number of benzene rings is 1. The van der Waals surface area contributed by atoms with E-state index in [1.165, 1.54) is 4.57 Å². The molecule has 0 aliphatic rings. The van der Waals surface area contributed by atoms with E-state index in [1.54, 1.807) is 36.5 Å². The van der Waals surface area contributed by atoms with Gasteiger partial charge in [0, 0.05) is 16.1 Å². The lowest BCUT2D eigenvalue weighted by molar-refractivity contribution is 1.01. The van der Waals surface area contributed by atoms with Crippen molar-refractivity contribution in [1.82, 2.24) is 9.55 Å². The van der Waals surface area contributed by atoms with Crippen LogP contribution in [0.2, 0.25) is 5.02 Å². The maximum Gasteiger partial charge on any atom is 0.275 e. The van der Waals surface area contributed by atoms with Crippen LogP contribution < -0.4 is 11.3 Å². The summed E-state index contributed by atoms with van der Waals surface area (Å²) in [5.41, 5.74) is 7.47. The molecule has 0 aliphatic heterocycles. The second kappa shape index (κ2) is 5.17. The van der Waals surface area contributed by atoms with Crippen LogP contribution in [0.5, 0.6) is 0 Å². The number of halogens is 1. The minimum atomic E-state index is -0.486. The average Bonchev–Trinajstić information content (AvgIpc) is 2.49. The summed E-state index contributed by atoms with van der Waals surface area (Å²) in [5.74, 6) is 0. The molecule has 0 bridgehead atoms. The number of anilines is 1. The van der Waals surface area contributed by atoms with Crippen molar-refractivity contribution < 1.29 is 0 Å². The largest absolute Gasteiger partial charge is 0.397 e. The molecule has 108 valence electrons. The maximum absolute atomic E-state index is 12.6. The predicted octanol–water partition coefficient (Wildman–Crippen LogP) is 2.80. The van der Waals surface area contributed by atoms with Crippen LogP contribution in [0.15, 0.2) is 41.3 Å². The van der Waals surface area contributed by atoms with Crippen LogP contribution in [0, 0.1) is 18.3 Å². The number of hydrogen-bond acceptors (Lipinski definition) is 4. The zero-order chi connectivity index (χ0) is 15.9. The Hall–Kier alpha value is -2.84. The Labute approximate surface area is 131 Å². The van der Waals surface area contributed by atoms with Crippen LogP contribution in [-0.2, 0) is 0 Å². The smallest absolute Gasteiger partial charge is 0.275 e. The molecular formula is C16H11ClN4O. The predicted molar refractivity (Wildman–Crippen MR) is 86.2 cm³/mol. The highest BCUT2D eigenvalue weighted by atomic mass is 35.5. The normalized spacial score (nSPS) is 10.6. The molecule has 0 spiro atoms. The van der Waals surface area contributed by atoms with E-state index >= 15 is 0 Å². The topological polar surface area (TPSA) is 84.7 Å². The first-order chi connectivity index (χ1) is 10.5. The summed E-state index contributed by atoms with van der Waals surface area (Å²) in [6.07, 6.45) is 1.58. The lowest BCUT2D eigenvalue weighted by Gasteiger charge is -2.13. The van der Waals surface area contributed by atoms with Gasteiger partial charge in [0.1, 0.15) is 11.6 Å². The number of pyridine rings is 2. The van der Waals surface area contributed by atoms with E-state index in [0.717, 1.165) is 5.69 Å². The van der Waals surface area contributed by atoms with E-state index in [1.807, 2.05) is 13.0 Å². The van der Waals surface area contributed by atoms with E-state index in [2.05, 4.69) is 4.98 Å². The molecule has 0 aliphatic carbocycles. The molecule has 0 amide bonds. The molecule has 2 N–H and O–H groups in total. The van der Waals surface area contributed by atoms with Crippen LogP contribution in [0.3, 0.4) is 0 Å². The summed E-state index contributed by atoms with van der Waals surface area (Å²) < 4.78 is 1.41. The van der Waals surface area contributed by atoms with Gasteiger partial charge in [-0.3, -0.25) is 14.3 Å². The van der Waals surface area contributed by atoms with Gasteiger partial charge in [-0.25, -0.2) is 0 Å². The SMILES string of the molecule is Cc1ccc(-n2c(=O)c(C#N)c(N)c3ccc(Cl)cc32)cn1. The quantitative estimate of drug-likeness (QED) is 0.749. The first kappa shape index (κ1) is 14.1. The lowest BCUT2D eigenvalue weighted by atomic mass is 10.1. The lowest BCUT2D eigenvalue weighted by Crippen LogP contribution is -2.23. The molecule has 22 heavy (non-hydrogen) atoms. The Kier molecular flexibility index (Phi) is 3.32. The van der Waals surface area contributed by atoms with Crippen LogP contribution in [0.4, 0.5) is 5.69 Å². The number of nitrogens with zero attached hydrogens (tertiary/aromatic N) is 3. The van der Waals surface area contributed by atoms with Crippen molar-refractivity contribution in [3.8, 4) is 11.8 Å². The number of aromatic nitrogens is 2. The molecule has 0 unspecified atom stereocenters. The van der Waals surface area contributed by atoms with Crippen molar-refractivity contribution in [2.75, 3.05) is 5.73 Å². The van der Waals surface area contributed by atoms with E-state index in [-0.39, 0.29) is 11.3 Å². The van der Waals surface area contributed by atoms with Gasteiger partial charge in [-0.05, 0) is 37.3 Å². The highest BCUT2D eigenvalue weighted by molar-refractivity contribution is 6.31. The molecule has 2 heterocycles. The fraction of sp³-hybridized carbons (Fsp3) is 0.0625. The first-order valence-corrected chi connectivity index (χ1v) is 6.87. The number of fused-ring (bicyclic) bond motifs is 1. The maximum atomic E-state index is 12.6. The second-order valence-electron chi connectivity index (χ2n) is 4.86. The van der Waals surface area contributed by atoms with Crippen LogP contribution in [-0.4, -0.2) is 9.55 Å². The highest BCUT2D eigenvalue weighted by Crippen LogP contribution is 2.26. The molecule has 0 fully saturated rings. The van der Waals surface area contributed by atoms with Gasteiger partial charge in [0.25, 0.3) is 5.56 Å².